The molecule has 0 saturated carbocycles. The number of benzene rings is 1. The van der Waals surface area contributed by atoms with Crippen molar-refractivity contribution in [2.75, 3.05) is 50.8 Å². The first-order valence-electron chi connectivity index (χ1n) is 11.2. The molecule has 0 aromatic heterocycles. The van der Waals surface area contributed by atoms with Gasteiger partial charge in [0.25, 0.3) is 0 Å². The molecular weight excluding hydrogens is 480 g/mol. The van der Waals surface area contributed by atoms with Crippen molar-refractivity contribution < 1.29 is 19.2 Å². The maximum atomic E-state index is 12.3. The zero-order valence-electron chi connectivity index (χ0n) is 19.3. The number of nitro groups is 1. The summed E-state index contributed by atoms with van der Waals surface area (Å²) in [7, 11) is 0. The molecule has 0 atom stereocenters. The van der Waals surface area contributed by atoms with Gasteiger partial charge >= 0.3 is 11.8 Å². The second-order valence-corrected chi connectivity index (χ2v) is 10.0. The van der Waals surface area contributed by atoms with Gasteiger partial charge in [0.2, 0.25) is 0 Å². The lowest BCUT2D eigenvalue weighted by Crippen LogP contribution is -2.55. The van der Waals surface area contributed by atoms with Crippen LogP contribution in [0.1, 0.15) is 40.5 Å². The Morgan fingerprint density at radius 2 is 1.78 bits per heavy atom. The SMILES string of the molecule is CCOc1cc(N2CCC(N3CCN(C(=O)OC(C)(C)C)CC3)CC2)c(Br)cc1[N+](=O)[O-]. The summed E-state index contributed by atoms with van der Waals surface area (Å²) >= 11 is 3.51. The molecule has 2 aliphatic rings. The van der Waals surface area contributed by atoms with E-state index in [1.807, 2.05) is 27.7 Å². The van der Waals surface area contributed by atoms with E-state index in [9.17, 15) is 14.9 Å². The van der Waals surface area contributed by atoms with Crippen molar-refractivity contribution in [1.82, 2.24) is 9.80 Å². The number of piperidine rings is 1. The fraction of sp³-hybridized carbons (Fsp3) is 0.682. The number of nitrogens with zero attached hydrogens (tertiary/aromatic N) is 4. The fourth-order valence-electron chi connectivity index (χ4n) is 4.26. The van der Waals surface area contributed by atoms with Crippen molar-refractivity contribution in [2.45, 2.75) is 52.2 Å². The zero-order valence-corrected chi connectivity index (χ0v) is 20.9. The highest BCUT2D eigenvalue weighted by molar-refractivity contribution is 9.10. The number of nitro benzene ring substituents is 1. The average Bonchev–Trinajstić information content (AvgIpc) is 2.74. The van der Waals surface area contributed by atoms with Crippen LogP contribution in [0.4, 0.5) is 16.2 Å². The van der Waals surface area contributed by atoms with Crippen LogP contribution in [0.25, 0.3) is 0 Å². The first-order valence-corrected chi connectivity index (χ1v) is 12.0. The van der Waals surface area contributed by atoms with Crippen molar-refractivity contribution in [2.24, 2.45) is 0 Å². The Balaban J connectivity index is 1.56. The van der Waals surface area contributed by atoms with Gasteiger partial charge in [-0.3, -0.25) is 15.0 Å². The van der Waals surface area contributed by atoms with E-state index in [4.69, 9.17) is 9.47 Å². The van der Waals surface area contributed by atoms with Gasteiger partial charge in [-0.2, -0.15) is 0 Å². The number of anilines is 1. The van der Waals surface area contributed by atoms with Crippen LogP contribution in [0.3, 0.4) is 0 Å². The predicted molar refractivity (Wildman–Crippen MR) is 127 cm³/mol. The lowest BCUT2D eigenvalue weighted by Gasteiger charge is -2.43. The summed E-state index contributed by atoms with van der Waals surface area (Å²) in [4.78, 5) is 29.7. The zero-order chi connectivity index (χ0) is 23.5. The highest BCUT2D eigenvalue weighted by Gasteiger charge is 2.31. The molecule has 0 unspecified atom stereocenters. The number of hydrogen-bond donors (Lipinski definition) is 0. The van der Waals surface area contributed by atoms with Gasteiger partial charge in [0.15, 0.2) is 5.75 Å². The van der Waals surface area contributed by atoms with Crippen molar-refractivity contribution in [1.29, 1.82) is 0 Å². The summed E-state index contributed by atoms with van der Waals surface area (Å²) in [6, 6.07) is 3.77. The van der Waals surface area contributed by atoms with Crippen LogP contribution in [-0.4, -0.2) is 78.3 Å². The molecule has 9 nitrogen and oxygen atoms in total. The Hall–Kier alpha value is -2.07. The highest BCUT2D eigenvalue weighted by Crippen LogP contribution is 2.39. The molecule has 0 spiro atoms. The number of ether oxygens (including phenoxy) is 2. The van der Waals surface area contributed by atoms with E-state index in [1.54, 1.807) is 11.0 Å². The van der Waals surface area contributed by atoms with Gasteiger partial charge in [-0.15, -0.1) is 0 Å². The quantitative estimate of drug-likeness (QED) is 0.429. The van der Waals surface area contributed by atoms with Gasteiger partial charge in [0, 0.05) is 61.9 Å². The second kappa shape index (κ2) is 10.2. The molecule has 2 fully saturated rings. The Morgan fingerprint density at radius 3 is 2.31 bits per heavy atom. The molecule has 1 amide bonds. The number of piperazine rings is 1. The molecule has 2 heterocycles. The largest absolute Gasteiger partial charge is 0.487 e. The van der Waals surface area contributed by atoms with E-state index >= 15 is 0 Å². The van der Waals surface area contributed by atoms with Gasteiger partial charge in [0.1, 0.15) is 5.60 Å². The number of rotatable bonds is 5. The van der Waals surface area contributed by atoms with E-state index in [1.165, 1.54) is 6.07 Å². The van der Waals surface area contributed by atoms with Crippen LogP contribution in [0.15, 0.2) is 16.6 Å². The van der Waals surface area contributed by atoms with Crippen molar-refractivity contribution in [3.8, 4) is 5.75 Å². The minimum Gasteiger partial charge on any atom is -0.487 e. The van der Waals surface area contributed by atoms with Crippen molar-refractivity contribution >= 4 is 33.4 Å². The van der Waals surface area contributed by atoms with Crippen molar-refractivity contribution in [3.63, 3.8) is 0 Å². The topological polar surface area (TPSA) is 88.4 Å². The summed E-state index contributed by atoms with van der Waals surface area (Å²) in [5, 5.41) is 11.3. The van der Waals surface area contributed by atoms with Crippen LogP contribution in [0, 0.1) is 10.1 Å². The van der Waals surface area contributed by atoms with E-state index in [0.717, 1.165) is 44.7 Å². The number of amides is 1. The molecule has 0 N–H and O–H groups in total. The highest BCUT2D eigenvalue weighted by atomic mass is 79.9. The molecule has 1 aromatic rings. The molecule has 0 bridgehead atoms. The maximum Gasteiger partial charge on any atom is 0.410 e. The summed E-state index contributed by atoms with van der Waals surface area (Å²) < 4.78 is 11.7. The summed E-state index contributed by atoms with van der Waals surface area (Å²) in [5.74, 6) is 0.302. The lowest BCUT2D eigenvalue weighted by molar-refractivity contribution is -0.385. The molecule has 1 aromatic carbocycles. The van der Waals surface area contributed by atoms with Crippen LogP contribution < -0.4 is 9.64 Å². The third-order valence-corrected chi connectivity index (χ3v) is 6.45. The van der Waals surface area contributed by atoms with E-state index in [0.29, 0.717) is 36.0 Å². The van der Waals surface area contributed by atoms with Crippen LogP contribution in [0.5, 0.6) is 5.75 Å². The predicted octanol–water partition coefficient (Wildman–Crippen LogP) is 4.28. The number of halogens is 1. The van der Waals surface area contributed by atoms with Crippen LogP contribution in [0.2, 0.25) is 0 Å². The minimum absolute atomic E-state index is 0.0276. The Morgan fingerprint density at radius 1 is 1.16 bits per heavy atom. The van der Waals surface area contributed by atoms with E-state index < -0.39 is 10.5 Å². The van der Waals surface area contributed by atoms with Crippen molar-refractivity contribution in [3.05, 3.63) is 26.7 Å². The molecular formula is C22H33BrN4O5. The average molecular weight is 513 g/mol. The molecule has 3 rings (SSSR count). The van der Waals surface area contributed by atoms with Gasteiger partial charge < -0.3 is 19.3 Å². The van der Waals surface area contributed by atoms with Gasteiger partial charge in [-0.25, -0.2) is 4.79 Å². The summed E-state index contributed by atoms with van der Waals surface area (Å²) in [6.45, 7) is 12.6. The summed E-state index contributed by atoms with van der Waals surface area (Å²) in [5.41, 5.74) is 0.419. The molecule has 10 heteroatoms. The van der Waals surface area contributed by atoms with Crippen LogP contribution in [-0.2, 0) is 4.74 Å². The monoisotopic (exact) mass is 512 g/mol. The number of carbonyl (C=O) groups is 1. The first kappa shape index (κ1) is 24.6. The second-order valence-electron chi connectivity index (χ2n) is 9.18. The smallest absolute Gasteiger partial charge is 0.410 e. The number of hydrogen-bond acceptors (Lipinski definition) is 7. The van der Waals surface area contributed by atoms with Gasteiger partial charge in [0.05, 0.1) is 17.2 Å². The van der Waals surface area contributed by atoms with E-state index in [-0.39, 0.29) is 11.8 Å². The molecule has 32 heavy (non-hydrogen) atoms. The Labute approximate surface area is 197 Å². The lowest BCUT2D eigenvalue weighted by atomic mass is 10.0. The molecule has 2 aliphatic heterocycles. The standard InChI is InChI=1S/C22H33BrN4O5/c1-5-31-20-15-18(17(23)14-19(20)27(29)30)25-8-6-16(7-9-25)24-10-12-26(13-11-24)21(28)32-22(2,3)4/h14-16H,5-13H2,1-4H3. The third-order valence-electron chi connectivity index (χ3n) is 5.81. The number of carbonyl (C=O) groups excluding carboxylic acids is 1. The Kier molecular flexibility index (Phi) is 7.87. The molecule has 0 radical (unpaired) electrons. The fourth-order valence-corrected chi connectivity index (χ4v) is 4.84. The minimum atomic E-state index is -0.477. The van der Waals surface area contributed by atoms with E-state index in [2.05, 4.69) is 25.7 Å². The van der Waals surface area contributed by atoms with Gasteiger partial charge in [-0.05, 0) is 56.5 Å². The molecule has 0 aliphatic carbocycles. The molecule has 178 valence electrons. The normalized spacial score (nSPS) is 18.5. The molecule has 2 saturated heterocycles. The maximum absolute atomic E-state index is 12.3. The Bertz CT molecular complexity index is 828. The van der Waals surface area contributed by atoms with Gasteiger partial charge in [-0.1, -0.05) is 0 Å². The third kappa shape index (κ3) is 6.04. The van der Waals surface area contributed by atoms with Crippen LogP contribution >= 0.6 is 15.9 Å². The summed E-state index contributed by atoms with van der Waals surface area (Å²) in [6.07, 6.45) is 1.76. The first-order chi connectivity index (χ1) is 15.1.